The first-order chi connectivity index (χ1) is 7.74. The van der Waals surface area contributed by atoms with Crippen LogP contribution >= 0.6 is 12.6 Å². The number of aromatic amines is 1. The number of nitrogens with zero attached hydrogens (tertiary/aromatic N) is 1. The van der Waals surface area contributed by atoms with E-state index in [1.54, 1.807) is 7.11 Å². The largest absolute Gasteiger partial charge is 0.497 e. The Hall–Kier alpha value is -1.42. The molecule has 0 aliphatic carbocycles. The molecule has 1 N–H and O–H groups in total. The fraction of sp³-hybridized carbons (Fsp3) is 0.250. The SMILES string of the molecule is COc1ccc(-c2nc(CS)[nH]c2C)cc1. The quantitative estimate of drug-likeness (QED) is 0.801. The maximum atomic E-state index is 5.12. The summed E-state index contributed by atoms with van der Waals surface area (Å²) in [6.45, 7) is 2.01. The molecule has 1 aromatic heterocycles. The highest BCUT2D eigenvalue weighted by molar-refractivity contribution is 7.79. The molecule has 0 saturated carbocycles. The molecule has 0 amide bonds. The van der Waals surface area contributed by atoms with Crippen LogP contribution in [0.2, 0.25) is 0 Å². The molecule has 0 bridgehead atoms. The van der Waals surface area contributed by atoms with Gasteiger partial charge in [0, 0.05) is 17.0 Å². The second kappa shape index (κ2) is 4.61. The van der Waals surface area contributed by atoms with Crippen molar-refractivity contribution in [3.05, 3.63) is 35.8 Å². The van der Waals surface area contributed by atoms with Gasteiger partial charge >= 0.3 is 0 Å². The first kappa shape index (κ1) is 11.1. The van der Waals surface area contributed by atoms with Gasteiger partial charge in [-0.15, -0.1) is 0 Å². The lowest BCUT2D eigenvalue weighted by molar-refractivity contribution is 0.415. The molecule has 1 heterocycles. The van der Waals surface area contributed by atoms with Gasteiger partial charge in [-0.2, -0.15) is 12.6 Å². The number of rotatable bonds is 3. The van der Waals surface area contributed by atoms with Gasteiger partial charge in [-0.3, -0.25) is 0 Å². The third kappa shape index (κ3) is 2.07. The van der Waals surface area contributed by atoms with Crippen LogP contribution in [0.3, 0.4) is 0 Å². The molecule has 0 saturated heterocycles. The van der Waals surface area contributed by atoms with Gasteiger partial charge in [0.1, 0.15) is 11.6 Å². The highest BCUT2D eigenvalue weighted by atomic mass is 32.1. The molecule has 0 spiro atoms. The van der Waals surface area contributed by atoms with Gasteiger partial charge in [-0.25, -0.2) is 4.98 Å². The van der Waals surface area contributed by atoms with Crippen LogP contribution in [-0.4, -0.2) is 17.1 Å². The van der Waals surface area contributed by atoms with Gasteiger partial charge in [-0.1, -0.05) is 0 Å². The highest BCUT2D eigenvalue weighted by Crippen LogP contribution is 2.23. The van der Waals surface area contributed by atoms with Crippen LogP contribution in [0.25, 0.3) is 11.3 Å². The number of nitrogens with one attached hydrogen (secondary N) is 1. The standard InChI is InChI=1S/C12H14N2OS/c1-8-12(14-11(7-16)13-8)9-3-5-10(15-2)6-4-9/h3-6,16H,7H2,1-2H3,(H,13,14). The van der Waals surface area contributed by atoms with E-state index < -0.39 is 0 Å². The van der Waals surface area contributed by atoms with Crippen LogP contribution in [0, 0.1) is 6.92 Å². The number of benzene rings is 1. The van der Waals surface area contributed by atoms with Gasteiger partial charge in [-0.05, 0) is 31.2 Å². The lowest BCUT2D eigenvalue weighted by atomic mass is 10.1. The normalized spacial score (nSPS) is 10.4. The zero-order valence-corrected chi connectivity index (χ0v) is 10.2. The van der Waals surface area contributed by atoms with Crippen molar-refractivity contribution in [3.8, 4) is 17.0 Å². The Bertz CT molecular complexity index is 476. The maximum Gasteiger partial charge on any atom is 0.118 e. The van der Waals surface area contributed by atoms with Crippen LogP contribution in [0.1, 0.15) is 11.5 Å². The van der Waals surface area contributed by atoms with Crippen molar-refractivity contribution in [3.63, 3.8) is 0 Å². The fourth-order valence-corrected chi connectivity index (χ4v) is 1.78. The fourth-order valence-electron chi connectivity index (χ4n) is 1.63. The molecule has 0 fully saturated rings. The lowest BCUT2D eigenvalue weighted by Gasteiger charge is -2.01. The number of ether oxygens (including phenoxy) is 1. The third-order valence-electron chi connectivity index (χ3n) is 2.45. The molecule has 2 rings (SSSR count). The summed E-state index contributed by atoms with van der Waals surface area (Å²) in [4.78, 5) is 7.68. The summed E-state index contributed by atoms with van der Waals surface area (Å²) in [7, 11) is 1.66. The molecule has 0 atom stereocenters. The molecule has 2 aromatic rings. The Labute approximate surface area is 100 Å². The van der Waals surface area contributed by atoms with Crippen molar-refractivity contribution >= 4 is 12.6 Å². The Morgan fingerprint density at radius 2 is 2.00 bits per heavy atom. The second-order valence-electron chi connectivity index (χ2n) is 3.54. The molecule has 1 aromatic carbocycles. The van der Waals surface area contributed by atoms with Crippen molar-refractivity contribution in [1.82, 2.24) is 9.97 Å². The first-order valence-corrected chi connectivity index (χ1v) is 5.68. The molecule has 3 nitrogen and oxygen atoms in total. The van der Waals surface area contributed by atoms with E-state index in [1.165, 1.54) is 0 Å². The Kier molecular flexibility index (Phi) is 3.19. The van der Waals surface area contributed by atoms with Gasteiger partial charge in [0.2, 0.25) is 0 Å². The number of imidazole rings is 1. The molecule has 16 heavy (non-hydrogen) atoms. The maximum absolute atomic E-state index is 5.12. The summed E-state index contributed by atoms with van der Waals surface area (Å²) in [6, 6.07) is 7.88. The molecule has 0 aliphatic heterocycles. The monoisotopic (exact) mass is 234 g/mol. The molecular formula is C12H14N2OS. The predicted octanol–water partition coefficient (Wildman–Crippen LogP) is 2.82. The number of aryl methyl sites for hydroxylation is 1. The number of methoxy groups -OCH3 is 1. The van der Waals surface area contributed by atoms with Crippen LogP contribution < -0.4 is 4.74 Å². The van der Waals surface area contributed by atoms with E-state index in [-0.39, 0.29) is 0 Å². The number of aromatic nitrogens is 2. The lowest BCUT2D eigenvalue weighted by Crippen LogP contribution is -1.84. The third-order valence-corrected chi connectivity index (χ3v) is 2.75. The van der Waals surface area contributed by atoms with E-state index in [1.807, 2.05) is 31.2 Å². The van der Waals surface area contributed by atoms with Crippen LogP contribution in [-0.2, 0) is 5.75 Å². The number of hydrogen-bond acceptors (Lipinski definition) is 3. The van der Waals surface area contributed by atoms with Crippen molar-refractivity contribution in [2.45, 2.75) is 12.7 Å². The Balaban J connectivity index is 2.38. The zero-order chi connectivity index (χ0) is 11.5. The molecule has 0 unspecified atom stereocenters. The summed E-state index contributed by atoms with van der Waals surface area (Å²) in [5.74, 6) is 2.37. The minimum absolute atomic E-state index is 0.622. The molecular weight excluding hydrogens is 220 g/mol. The average molecular weight is 234 g/mol. The summed E-state index contributed by atoms with van der Waals surface area (Å²) in [5.41, 5.74) is 3.13. The van der Waals surface area contributed by atoms with Crippen LogP contribution in [0.4, 0.5) is 0 Å². The van der Waals surface area contributed by atoms with Gasteiger partial charge in [0.15, 0.2) is 0 Å². The highest BCUT2D eigenvalue weighted by Gasteiger charge is 2.07. The van der Waals surface area contributed by atoms with Gasteiger partial charge in [0.25, 0.3) is 0 Å². The van der Waals surface area contributed by atoms with Gasteiger partial charge in [0.05, 0.1) is 12.8 Å². The molecule has 4 heteroatoms. The smallest absolute Gasteiger partial charge is 0.118 e. The van der Waals surface area contributed by atoms with E-state index in [0.29, 0.717) is 5.75 Å². The molecule has 0 radical (unpaired) electrons. The number of thiol groups is 1. The van der Waals surface area contributed by atoms with Crippen molar-refractivity contribution in [2.75, 3.05) is 7.11 Å². The minimum Gasteiger partial charge on any atom is -0.497 e. The van der Waals surface area contributed by atoms with E-state index >= 15 is 0 Å². The molecule has 84 valence electrons. The van der Waals surface area contributed by atoms with E-state index in [9.17, 15) is 0 Å². The van der Waals surface area contributed by atoms with Gasteiger partial charge < -0.3 is 9.72 Å². The summed E-state index contributed by atoms with van der Waals surface area (Å²) in [5, 5.41) is 0. The van der Waals surface area contributed by atoms with Crippen LogP contribution in [0.15, 0.2) is 24.3 Å². The Morgan fingerprint density at radius 3 is 2.50 bits per heavy atom. The average Bonchev–Trinajstić information content (AvgIpc) is 2.71. The zero-order valence-electron chi connectivity index (χ0n) is 9.32. The molecule has 0 aliphatic rings. The van der Waals surface area contributed by atoms with Crippen molar-refractivity contribution in [2.24, 2.45) is 0 Å². The minimum atomic E-state index is 0.622. The van der Waals surface area contributed by atoms with Crippen molar-refractivity contribution in [1.29, 1.82) is 0 Å². The summed E-state index contributed by atoms with van der Waals surface area (Å²) in [6.07, 6.45) is 0. The summed E-state index contributed by atoms with van der Waals surface area (Å²) < 4.78 is 5.12. The second-order valence-corrected chi connectivity index (χ2v) is 3.86. The topological polar surface area (TPSA) is 37.9 Å². The van der Waals surface area contributed by atoms with E-state index in [4.69, 9.17) is 4.74 Å². The van der Waals surface area contributed by atoms with Crippen molar-refractivity contribution < 1.29 is 4.74 Å². The van der Waals surface area contributed by atoms with Crippen LogP contribution in [0.5, 0.6) is 5.75 Å². The summed E-state index contributed by atoms with van der Waals surface area (Å²) >= 11 is 4.20. The number of hydrogen-bond donors (Lipinski definition) is 2. The Morgan fingerprint density at radius 1 is 1.31 bits per heavy atom. The number of H-pyrrole nitrogens is 1. The first-order valence-electron chi connectivity index (χ1n) is 5.05. The van der Waals surface area contributed by atoms with E-state index in [0.717, 1.165) is 28.5 Å². The van der Waals surface area contributed by atoms with E-state index in [2.05, 4.69) is 22.6 Å². The predicted molar refractivity (Wildman–Crippen MR) is 68.0 cm³/mol.